The van der Waals surface area contributed by atoms with Crippen LogP contribution in [0.5, 0.6) is 11.5 Å². The van der Waals surface area contributed by atoms with Gasteiger partial charge in [0.2, 0.25) is 5.78 Å². The number of benzene rings is 2. The predicted molar refractivity (Wildman–Crippen MR) is 98.7 cm³/mol. The zero-order chi connectivity index (χ0) is 21.2. The fourth-order valence-corrected chi connectivity index (χ4v) is 2.73. The number of Topliss-reactive ketones (excluding diaryl/α,β-unsaturated/α-hetero) is 1. The van der Waals surface area contributed by atoms with E-state index in [2.05, 4.69) is 15.0 Å². The highest BCUT2D eigenvalue weighted by molar-refractivity contribution is 6.30. The summed E-state index contributed by atoms with van der Waals surface area (Å²) in [5, 5.41) is 8.22. The maximum atomic E-state index is 12.6. The number of nitrogens with zero attached hydrogens (tertiary/aromatic N) is 3. The first-order chi connectivity index (χ1) is 13.6. The van der Waals surface area contributed by atoms with Gasteiger partial charge in [0.05, 0.1) is 11.9 Å². The molecule has 2 aromatic carbocycles. The Morgan fingerprint density at radius 3 is 2.48 bits per heavy atom. The Morgan fingerprint density at radius 1 is 1.17 bits per heavy atom. The number of ketones is 1. The van der Waals surface area contributed by atoms with Gasteiger partial charge >= 0.3 is 6.36 Å². The Bertz CT molecular complexity index is 1020. The molecule has 1 atom stereocenters. The summed E-state index contributed by atoms with van der Waals surface area (Å²) in [6.45, 7) is 3.39. The zero-order valence-electron chi connectivity index (χ0n) is 15.3. The van der Waals surface area contributed by atoms with Crippen LogP contribution in [0.25, 0.3) is 5.69 Å². The first-order valence-electron chi connectivity index (χ1n) is 8.38. The third-order valence-corrected chi connectivity index (χ3v) is 4.13. The lowest BCUT2D eigenvalue weighted by molar-refractivity contribution is -0.274. The van der Waals surface area contributed by atoms with E-state index < -0.39 is 18.2 Å². The molecular formula is C19H15ClF3N3O3. The first-order valence-corrected chi connectivity index (χ1v) is 8.76. The highest BCUT2D eigenvalue weighted by Gasteiger charge is 2.31. The van der Waals surface area contributed by atoms with Crippen molar-refractivity contribution in [3.05, 3.63) is 64.9 Å². The van der Waals surface area contributed by atoms with Crippen LogP contribution in [0.4, 0.5) is 13.2 Å². The summed E-state index contributed by atoms with van der Waals surface area (Å²) >= 11 is 5.91. The predicted octanol–water partition coefficient (Wildman–Crippen LogP) is 4.78. The molecule has 1 heterocycles. The normalized spacial score (nSPS) is 12.5. The third-order valence-electron chi connectivity index (χ3n) is 3.89. The maximum Gasteiger partial charge on any atom is 0.573 e. The number of ether oxygens (including phenoxy) is 2. The number of aromatic nitrogens is 3. The third kappa shape index (κ3) is 5.26. The maximum absolute atomic E-state index is 12.6. The molecule has 29 heavy (non-hydrogen) atoms. The summed E-state index contributed by atoms with van der Waals surface area (Å²) in [6, 6.07) is 10.0. The minimum Gasteiger partial charge on any atom is -0.482 e. The van der Waals surface area contributed by atoms with Gasteiger partial charge in [-0.2, -0.15) is 0 Å². The number of hydrogen-bond acceptors (Lipinski definition) is 5. The number of aryl methyl sites for hydroxylation is 1. The van der Waals surface area contributed by atoms with Crippen molar-refractivity contribution >= 4 is 17.4 Å². The highest BCUT2D eigenvalue weighted by Crippen LogP contribution is 2.25. The number of rotatable bonds is 6. The quantitative estimate of drug-likeness (QED) is 0.532. The molecule has 0 saturated carbocycles. The standard InChI is InChI=1S/C19H15ClF3N3O3/c1-11-9-13(20)3-8-17(11)28-12(2)18(27)16-10-26(25-24-16)14-4-6-15(7-5-14)29-19(21,22)23/h3-10,12H,1-2H3/t12-/m0/s1. The molecule has 0 aliphatic carbocycles. The van der Waals surface area contributed by atoms with E-state index in [1.807, 2.05) is 0 Å². The first kappa shape index (κ1) is 20.7. The van der Waals surface area contributed by atoms with Crippen LogP contribution < -0.4 is 9.47 Å². The summed E-state index contributed by atoms with van der Waals surface area (Å²) in [5.41, 5.74) is 1.25. The van der Waals surface area contributed by atoms with Crippen LogP contribution in [0, 0.1) is 6.92 Å². The Morgan fingerprint density at radius 2 is 1.86 bits per heavy atom. The Kier molecular flexibility index (Phi) is 5.78. The van der Waals surface area contributed by atoms with E-state index in [4.69, 9.17) is 16.3 Å². The molecule has 0 radical (unpaired) electrons. The van der Waals surface area contributed by atoms with Crippen LogP contribution in [0.1, 0.15) is 23.0 Å². The van der Waals surface area contributed by atoms with Gasteiger partial charge in [0.1, 0.15) is 11.5 Å². The van der Waals surface area contributed by atoms with Crippen LogP contribution in [0.3, 0.4) is 0 Å². The largest absolute Gasteiger partial charge is 0.573 e. The number of carbonyl (C=O) groups excluding carboxylic acids is 1. The Hall–Kier alpha value is -3.07. The fraction of sp³-hybridized carbons (Fsp3) is 0.211. The average molecular weight is 426 g/mol. The summed E-state index contributed by atoms with van der Waals surface area (Å²) in [6.07, 6.45) is -4.23. The van der Waals surface area contributed by atoms with Crippen molar-refractivity contribution in [2.75, 3.05) is 0 Å². The molecule has 0 amide bonds. The SMILES string of the molecule is Cc1cc(Cl)ccc1O[C@@H](C)C(=O)c1cn(-c2ccc(OC(F)(F)F)cc2)nn1. The minimum atomic E-state index is -4.77. The van der Waals surface area contributed by atoms with Gasteiger partial charge in [-0.15, -0.1) is 18.3 Å². The van der Waals surface area contributed by atoms with Crippen LogP contribution in [0.15, 0.2) is 48.7 Å². The van der Waals surface area contributed by atoms with Crippen LogP contribution in [0.2, 0.25) is 5.02 Å². The van der Waals surface area contributed by atoms with E-state index >= 15 is 0 Å². The van der Waals surface area contributed by atoms with Crippen molar-refractivity contribution in [3.8, 4) is 17.2 Å². The highest BCUT2D eigenvalue weighted by atomic mass is 35.5. The van der Waals surface area contributed by atoms with Crippen molar-refractivity contribution in [1.29, 1.82) is 0 Å². The van der Waals surface area contributed by atoms with E-state index in [0.717, 1.165) is 17.7 Å². The van der Waals surface area contributed by atoms with Crippen LogP contribution in [-0.2, 0) is 0 Å². The van der Waals surface area contributed by atoms with E-state index in [1.165, 1.54) is 23.0 Å². The van der Waals surface area contributed by atoms with Crippen LogP contribution in [-0.4, -0.2) is 33.2 Å². The summed E-state index contributed by atoms with van der Waals surface area (Å²) < 4.78 is 47.5. The molecule has 0 aliphatic heterocycles. The van der Waals surface area contributed by atoms with E-state index in [1.54, 1.807) is 32.0 Å². The van der Waals surface area contributed by atoms with Crippen molar-refractivity contribution in [1.82, 2.24) is 15.0 Å². The Balaban J connectivity index is 1.70. The van der Waals surface area contributed by atoms with Gasteiger partial charge in [0.15, 0.2) is 11.8 Å². The summed E-state index contributed by atoms with van der Waals surface area (Å²) in [7, 11) is 0. The molecule has 3 aromatic rings. The number of halogens is 4. The lowest BCUT2D eigenvalue weighted by atomic mass is 10.2. The Labute approximate surface area is 168 Å². The van der Waals surface area contributed by atoms with E-state index in [0.29, 0.717) is 16.5 Å². The van der Waals surface area contributed by atoms with Gasteiger partial charge in [-0.3, -0.25) is 4.79 Å². The van der Waals surface area contributed by atoms with Gasteiger partial charge < -0.3 is 9.47 Å². The second-order valence-electron chi connectivity index (χ2n) is 6.12. The molecule has 0 unspecified atom stereocenters. The molecule has 0 saturated heterocycles. The number of alkyl halides is 3. The van der Waals surface area contributed by atoms with Crippen molar-refractivity contribution in [2.45, 2.75) is 26.3 Å². The van der Waals surface area contributed by atoms with Gasteiger partial charge in [-0.1, -0.05) is 16.8 Å². The molecule has 0 aliphatic rings. The molecule has 152 valence electrons. The van der Waals surface area contributed by atoms with Crippen molar-refractivity contribution in [2.24, 2.45) is 0 Å². The van der Waals surface area contributed by atoms with Crippen molar-refractivity contribution in [3.63, 3.8) is 0 Å². The average Bonchev–Trinajstić information content (AvgIpc) is 3.12. The molecule has 0 N–H and O–H groups in total. The van der Waals surface area contributed by atoms with Gasteiger partial charge in [0, 0.05) is 5.02 Å². The topological polar surface area (TPSA) is 66.2 Å². The lowest BCUT2D eigenvalue weighted by Crippen LogP contribution is -2.24. The van der Waals surface area contributed by atoms with Gasteiger partial charge in [0.25, 0.3) is 0 Å². The lowest BCUT2D eigenvalue weighted by Gasteiger charge is -2.14. The monoisotopic (exact) mass is 425 g/mol. The molecular weight excluding hydrogens is 411 g/mol. The number of carbonyl (C=O) groups is 1. The van der Waals surface area contributed by atoms with Gasteiger partial charge in [-0.25, -0.2) is 4.68 Å². The van der Waals surface area contributed by atoms with Crippen molar-refractivity contribution < 1.29 is 27.4 Å². The molecule has 10 heteroatoms. The smallest absolute Gasteiger partial charge is 0.482 e. The number of hydrogen-bond donors (Lipinski definition) is 0. The molecule has 0 fully saturated rings. The van der Waals surface area contributed by atoms with Gasteiger partial charge in [-0.05, 0) is 61.9 Å². The van der Waals surface area contributed by atoms with Crippen LogP contribution >= 0.6 is 11.6 Å². The molecule has 0 spiro atoms. The second-order valence-corrected chi connectivity index (χ2v) is 6.56. The molecule has 1 aromatic heterocycles. The minimum absolute atomic E-state index is 0.0553. The van der Waals surface area contributed by atoms with E-state index in [9.17, 15) is 18.0 Å². The molecule has 0 bridgehead atoms. The zero-order valence-corrected chi connectivity index (χ0v) is 16.0. The molecule has 3 rings (SSSR count). The molecule has 6 nitrogen and oxygen atoms in total. The fourth-order valence-electron chi connectivity index (χ4n) is 2.50. The summed E-state index contributed by atoms with van der Waals surface area (Å²) in [4.78, 5) is 12.6. The van der Waals surface area contributed by atoms with E-state index in [-0.39, 0.29) is 11.4 Å². The summed E-state index contributed by atoms with van der Waals surface area (Å²) in [5.74, 6) is -0.247. The second kappa shape index (κ2) is 8.12.